The number of rotatable bonds is 6. The molecule has 0 saturated carbocycles. The van der Waals surface area contributed by atoms with Gasteiger partial charge >= 0.3 is 0 Å². The molecule has 5 heteroatoms. The molecular formula is C48H44IrN2SSi-2. The zero-order valence-electron chi connectivity index (χ0n) is 31.2. The van der Waals surface area contributed by atoms with E-state index < -0.39 is 8.07 Å². The summed E-state index contributed by atoms with van der Waals surface area (Å²) >= 11 is 1.82. The second-order valence-corrected chi connectivity index (χ2v) is 21.6. The van der Waals surface area contributed by atoms with E-state index in [1.54, 1.807) is 0 Å². The third-order valence-electron chi connectivity index (χ3n) is 9.16. The molecule has 0 atom stereocenters. The molecule has 267 valence electrons. The molecule has 0 spiro atoms. The molecule has 1 radical (unpaired) electrons. The third-order valence-corrected chi connectivity index (χ3v) is 12.4. The van der Waals surface area contributed by atoms with Crippen molar-refractivity contribution in [2.45, 2.75) is 46.8 Å². The van der Waals surface area contributed by atoms with Crippen LogP contribution in [0.5, 0.6) is 0 Å². The second kappa shape index (κ2) is 16.2. The summed E-state index contributed by atoms with van der Waals surface area (Å²) in [7, 11) is -1.37. The Kier molecular flexibility index (Phi) is 11.7. The number of fused-ring (bicyclic) bond motifs is 3. The molecule has 8 aromatic rings. The standard InChI is InChI=1S/C29H18NS.C19H26NSi.Ir/c1-3-9-20(10-4-1)22-17-18-30-26(19-22)24-16-15-23(21-11-5-2-6-12-21)28-25-13-7-8-14-27(25)31-29(24)28;1-19(2,3)13-16-12-17(15-10-8-7-9-11-15)20-14-18(16)21(4,5)6;/h1-15,17-19H;7-10,12,14H,13H2,1-6H3;/q2*-1;. The maximum absolute atomic E-state index is 4.73. The summed E-state index contributed by atoms with van der Waals surface area (Å²) in [6.07, 6.45) is 5.11. The van der Waals surface area contributed by atoms with Crippen LogP contribution in [0.15, 0.2) is 146 Å². The fourth-order valence-electron chi connectivity index (χ4n) is 6.77. The van der Waals surface area contributed by atoms with Gasteiger partial charge in [0.05, 0.1) is 8.07 Å². The van der Waals surface area contributed by atoms with Crippen molar-refractivity contribution < 1.29 is 20.1 Å². The first-order valence-electron chi connectivity index (χ1n) is 17.9. The number of thiophene rings is 1. The van der Waals surface area contributed by atoms with Crippen molar-refractivity contribution in [3.05, 3.63) is 164 Å². The van der Waals surface area contributed by atoms with Crippen LogP contribution in [0, 0.1) is 17.5 Å². The van der Waals surface area contributed by atoms with Gasteiger partial charge in [0.25, 0.3) is 0 Å². The molecule has 0 aliphatic rings. The number of aromatic nitrogens is 2. The molecule has 5 aromatic carbocycles. The Hall–Kier alpha value is -4.51. The second-order valence-electron chi connectivity index (χ2n) is 15.5. The molecule has 3 aromatic heterocycles. The van der Waals surface area contributed by atoms with Crippen molar-refractivity contribution in [1.29, 1.82) is 0 Å². The molecule has 8 rings (SSSR count). The van der Waals surface area contributed by atoms with Gasteiger partial charge in [0.1, 0.15) is 0 Å². The average molecular weight is 901 g/mol. The van der Waals surface area contributed by atoms with Gasteiger partial charge in [-0.2, -0.15) is 11.3 Å². The van der Waals surface area contributed by atoms with Crippen molar-refractivity contribution in [1.82, 2.24) is 9.97 Å². The predicted octanol–water partition coefficient (Wildman–Crippen LogP) is 12.9. The van der Waals surface area contributed by atoms with Crippen molar-refractivity contribution in [2.75, 3.05) is 0 Å². The van der Waals surface area contributed by atoms with Crippen molar-refractivity contribution in [3.8, 4) is 44.8 Å². The monoisotopic (exact) mass is 901 g/mol. The molecule has 2 nitrogen and oxygen atoms in total. The quantitative estimate of drug-likeness (QED) is 0.123. The van der Waals surface area contributed by atoms with E-state index in [4.69, 9.17) is 9.97 Å². The Morgan fingerprint density at radius 3 is 2.04 bits per heavy atom. The largest absolute Gasteiger partial charge is 0.305 e. The number of hydrogen-bond donors (Lipinski definition) is 0. The van der Waals surface area contributed by atoms with Crippen LogP contribution in [0.3, 0.4) is 0 Å². The van der Waals surface area contributed by atoms with Gasteiger partial charge in [-0.1, -0.05) is 153 Å². The van der Waals surface area contributed by atoms with Crippen LogP contribution in [0.4, 0.5) is 0 Å². The van der Waals surface area contributed by atoms with Crippen LogP contribution in [-0.4, -0.2) is 18.0 Å². The fraction of sp³-hybridized carbons (Fsp3) is 0.167. The Balaban J connectivity index is 0.000000193. The summed E-state index contributed by atoms with van der Waals surface area (Å²) in [5.41, 5.74) is 10.7. The minimum absolute atomic E-state index is 0. The van der Waals surface area contributed by atoms with Gasteiger partial charge < -0.3 is 9.97 Å². The molecule has 0 aliphatic heterocycles. The number of nitrogens with zero attached hydrogens (tertiary/aromatic N) is 2. The topological polar surface area (TPSA) is 25.8 Å². The van der Waals surface area contributed by atoms with Crippen molar-refractivity contribution in [3.63, 3.8) is 0 Å². The third kappa shape index (κ3) is 8.83. The molecule has 0 fully saturated rings. The summed E-state index contributed by atoms with van der Waals surface area (Å²) in [5.74, 6) is 0. The molecule has 3 heterocycles. The Morgan fingerprint density at radius 2 is 1.36 bits per heavy atom. The van der Waals surface area contributed by atoms with Crippen molar-refractivity contribution >= 4 is 44.8 Å². The maximum Gasteiger partial charge on any atom is 0.0798 e. The molecule has 0 N–H and O–H groups in total. The van der Waals surface area contributed by atoms with E-state index in [-0.39, 0.29) is 25.5 Å². The van der Waals surface area contributed by atoms with Gasteiger partial charge in [0.15, 0.2) is 0 Å². The molecule has 0 aliphatic carbocycles. The summed E-state index contributed by atoms with van der Waals surface area (Å²) in [4.78, 5) is 9.44. The summed E-state index contributed by atoms with van der Waals surface area (Å²) in [5, 5.41) is 4.06. The van der Waals surface area contributed by atoms with E-state index in [1.165, 1.54) is 53.2 Å². The summed E-state index contributed by atoms with van der Waals surface area (Å²) in [6, 6.07) is 53.3. The van der Waals surface area contributed by atoms with Gasteiger partial charge in [0, 0.05) is 37.2 Å². The van der Waals surface area contributed by atoms with E-state index in [0.29, 0.717) is 0 Å². The van der Waals surface area contributed by atoms with E-state index in [2.05, 4.69) is 168 Å². The van der Waals surface area contributed by atoms with Crippen molar-refractivity contribution in [2.24, 2.45) is 5.41 Å². The fourth-order valence-corrected chi connectivity index (χ4v) is 9.58. The number of pyridine rings is 2. The predicted molar refractivity (Wildman–Crippen MR) is 227 cm³/mol. The van der Waals surface area contributed by atoms with E-state index >= 15 is 0 Å². The van der Waals surface area contributed by atoms with E-state index in [1.807, 2.05) is 41.8 Å². The average Bonchev–Trinajstić information content (AvgIpc) is 3.55. The van der Waals surface area contributed by atoms with Crippen LogP contribution in [0.2, 0.25) is 19.6 Å². The Morgan fingerprint density at radius 1 is 0.679 bits per heavy atom. The van der Waals surface area contributed by atoms with Gasteiger partial charge in [-0.05, 0) is 61.8 Å². The van der Waals surface area contributed by atoms with E-state index in [9.17, 15) is 0 Å². The van der Waals surface area contributed by atoms with Crippen LogP contribution in [-0.2, 0) is 26.5 Å². The normalized spacial score (nSPS) is 11.5. The molecule has 0 bridgehead atoms. The SMILES string of the molecule is CC(C)(C)Cc1cc(-c2[c-]cccc2)ncc1[Si](C)(C)C.[Ir].[c-]1cc(-c2ccccc2)c2c(sc3ccccc32)c1-c1cc(-c2ccccc2)ccn1. The van der Waals surface area contributed by atoms with Crippen LogP contribution in [0.25, 0.3) is 64.9 Å². The van der Waals surface area contributed by atoms with E-state index in [0.717, 1.165) is 28.9 Å². The molecule has 53 heavy (non-hydrogen) atoms. The zero-order valence-corrected chi connectivity index (χ0v) is 35.4. The first kappa shape index (κ1) is 38.2. The first-order valence-corrected chi connectivity index (χ1v) is 22.3. The maximum atomic E-state index is 4.73. The van der Waals surface area contributed by atoms with Gasteiger partial charge in [-0.15, -0.1) is 53.6 Å². The zero-order chi connectivity index (χ0) is 36.3. The smallest absolute Gasteiger partial charge is 0.0798 e. The summed E-state index contributed by atoms with van der Waals surface area (Å²) in [6.45, 7) is 14.1. The molecule has 0 amide bonds. The Bertz CT molecular complexity index is 2450. The minimum atomic E-state index is -1.37. The summed E-state index contributed by atoms with van der Waals surface area (Å²) < 4.78 is 2.52. The van der Waals surface area contributed by atoms with Crippen LogP contribution in [0.1, 0.15) is 26.3 Å². The van der Waals surface area contributed by atoms with Crippen LogP contribution < -0.4 is 5.19 Å². The Labute approximate surface area is 333 Å². The number of hydrogen-bond acceptors (Lipinski definition) is 3. The first-order chi connectivity index (χ1) is 25.0. The van der Waals surface area contributed by atoms with Gasteiger partial charge in [0.2, 0.25) is 0 Å². The van der Waals surface area contributed by atoms with Gasteiger partial charge in [-0.3, -0.25) is 0 Å². The molecule has 0 saturated heterocycles. The molecular weight excluding hydrogens is 857 g/mol. The minimum Gasteiger partial charge on any atom is -0.305 e. The number of benzene rings is 5. The molecule has 0 unspecified atom stereocenters. The van der Waals surface area contributed by atoms with Gasteiger partial charge in [-0.25, -0.2) is 0 Å². The van der Waals surface area contributed by atoms with Crippen LogP contribution >= 0.6 is 11.3 Å².